The SMILES string of the molecule is CCOC(=O)c1cc(OC(C)C)[nH]c1C. The fourth-order valence-corrected chi connectivity index (χ4v) is 1.27. The number of ether oxygens (including phenoxy) is 2. The molecule has 0 aliphatic heterocycles. The summed E-state index contributed by atoms with van der Waals surface area (Å²) in [5.74, 6) is 0.287. The van der Waals surface area contributed by atoms with Crippen molar-refractivity contribution < 1.29 is 14.3 Å². The normalized spacial score (nSPS) is 10.5. The Bertz CT molecular complexity index is 342. The average molecular weight is 211 g/mol. The fourth-order valence-electron chi connectivity index (χ4n) is 1.27. The first-order chi connectivity index (χ1) is 7.04. The number of hydrogen-bond donors (Lipinski definition) is 1. The van der Waals surface area contributed by atoms with Crippen molar-refractivity contribution in [2.45, 2.75) is 33.8 Å². The molecular weight excluding hydrogens is 194 g/mol. The Morgan fingerprint density at radius 2 is 2.20 bits per heavy atom. The van der Waals surface area contributed by atoms with Crippen LogP contribution in [0.3, 0.4) is 0 Å². The standard InChI is InChI=1S/C11H17NO3/c1-5-14-11(13)9-6-10(12-8(9)4)15-7(2)3/h6-7,12H,5H2,1-4H3. The molecule has 0 aromatic carbocycles. The smallest absolute Gasteiger partial charge is 0.340 e. The number of nitrogens with one attached hydrogen (secondary N) is 1. The molecule has 0 saturated heterocycles. The van der Waals surface area contributed by atoms with Gasteiger partial charge in [0.05, 0.1) is 18.3 Å². The van der Waals surface area contributed by atoms with Crippen LogP contribution in [0.1, 0.15) is 36.8 Å². The number of H-pyrrole nitrogens is 1. The molecule has 1 rings (SSSR count). The number of carbonyl (C=O) groups excluding carboxylic acids is 1. The Hall–Kier alpha value is -1.45. The third kappa shape index (κ3) is 3.01. The topological polar surface area (TPSA) is 51.3 Å². The summed E-state index contributed by atoms with van der Waals surface area (Å²) in [5.41, 5.74) is 1.30. The van der Waals surface area contributed by atoms with Crippen LogP contribution >= 0.6 is 0 Å². The lowest BCUT2D eigenvalue weighted by molar-refractivity contribution is 0.0525. The van der Waals surface area contributed by atoms with Gasteiger partial charge in [0.25, 0.3) is 0 Å². The summed E-state index contributed by atoms with van der Waals surface area (Å²) in [4.78, 5) is 14.5. The summed E-state index contributed by atoms with van der Waals surface area (Å²) >= 11 is 0. The largest absolute Gasteiger partial charge is 0.476 e. The Morgan fingerprint density at radius 3 is 2.73 bits per heavy atom. The summed E-state index contributed by atoms with van der Waals surface area (Å²) < 4.78 is 10.4. The first kappa shape index (κ1) is 11.6. The first-order valence-electron chi connectivity index (χ1n) is 5.08. The molecule has 4 nitrogen and oxygen atoms in total. The number of aryl methyl sites for hydroxylation is 1. The quantitative estimate of drug-likeness (QED) is 0.777. The zero-order valence-corrected chi connectivity index (χ0v) is 9.59. The first-order valence-corrected chi connectivity index (χ1v) is 5.08. The third-order valence-electron chi connectivity index (χ3n) is 1.85. The highest BCUT2D eigenvalue weighted by molar-refractivity contribution is 5.91. The van der Waals surface area contributed by atoms with E-state index in [2.05, 4.69) is 4.98 Å². The van der Waals surface area contributed by atoms with Crippen LogP contribution in [0.4, 0.5) is 0 Å². The second kappa shape index (κ2) is 4.87. The van der Waals surface area contributed by atoms with Gasteiger partial charge in [-0.3, -0.25) is 0 Å². The Labute approximate surface area is 89.6 Å². The number of aromatic nitrogens is 1. The lowest BCUT2D eigenvalue weighted by atomic mass is 10.2. The van der Waals surface area contributed by atoms with E-state index in [0.717, 1.165) is 5.69 Å². The van der Waals surface area contributed by atoms with Crippen molar-refractivity contribution >= 4 is 5.97 Å². The van der Waals surface area contributed by atoms with Gasteiger partial charge in [-0.15, -0.1) is 0 Å². The molecule has 0 aliphatic carbocycles. The number of carbonyl (C=O) groups is 1. The Morgan fingerprint density at radius 1 is 1.53 bits per heavy atom. The molecule has 0 spiro atoms. The zero-order valence-electron chi connectivity index (χ0n) is 9.59. The number of esters is 1. The Balaban J connectivity index is 2.81. The predicted octanol–water partition coefficient (Wildman–Crippen LogP) is 2.29. The minimum Gasteiger partial charge on any atom is -0.476 e. The van der Waals surface area contributed by atoms with Crippen molar-refractivity contribution in [2.75, 3.05) is 6.61 Å². The van der Waals surface area contributed by atoms with Gasteiger partial charge in [0.2, 0.25) is 0 Å². The summed E-state index contributed by atoms with van der Waals surface area (Å²) in [6.45, 7) is 7.84. The van der Waals surface area contributed by atoms with Crippen LogP contribution in [0.5, 0.6) is 5.88 Å². The van der Waals surface area contributed by atoms with Gasteiger partial charge in [-0.2, -0.15) is 0 Å². The molecule has 15 heavy (non-hydrogen) atoms. The molecule has 4 heteroatoms. The van der Waals surface area contributed by atoms with Crippen molar-refractivity contribution in [3.05, 3.63) is 17.3 Å². The van der Waals surface area contributed by atoms with Gasteiger partial charge in [0, 0.05) is 11.8 Å². The average Bonchev–Trinajstić information content (AvgIpc) is 2.46. The molecule has 0 bridgehead atoms. The van der Waals surface area contributed by atoms with Crippen LogP contribution in [0, 0.1) is 6.92 Å². The molecule has 0 unspecified atom stereocenters. The molecule has 0 amide bonds. The van der Waals surface area contributed by atoms with Crippen molar-refractivity contribution in [2.24, 2.45) is 0 Å². The molecule has 0 saturated carbocycles. The lowest BCUT2D eigenvalue weighted by Crippen LogP contribution is -2.05. The van der Waals surface area contributed by atoms with Gasteiger partial charge < -0.3 is 14.5 Å². The fraction of sp³-hybridized carbons (Fsp3) is 0.545. The summed E-state index contributed by atoms with van der Waals surface area (Å²) in [7, 11) is 0. The van der Waals surface area contributed by atoms with Gasteiger partial charge in [0.1, 0.15) is 0 Å². The maximum absolute atomic E-state index is 11.5. The van der Waals surface area contributed by atoms with Gasteiger partial charge >= 0.3 is 5.97 Å². The number of aromatic amines is 1. The van der Waals surface area contributed by atoms with E-state index < -0.39 is 0 Å². The number of rotatable bonds is 4. The molecule has 0 radical (unpaired) electrons. The number of hydrogen-bond acceptors (Lipinski definition) is 3. The van der Waals surface area contributed by atoms with E-state index in [-0.39, 0.29) is 12.1 Å². The predicted molar refractivity (Wildman–Crippen MR) is 57.3 cm³/mol. The van der Waals surface area contributed by atoms with Crippen molar-refractivity contribution in [3.63, 3.8) is 0 Å². The van der Waals surface area contributed by atoms with Gasteiger partial charge in [-0.25, -0.2) is 4.79 Å². The maximum Gasteiger partial charge on any atom is 0.340 e. The molecule has 84 valence electrons. The van der Waals surface area contributed by atoms with E-state index >= 15 is 0 Å². The van der Waals surface area contributed by atoms with Crippen molar-refractivity contribution in [3.8, 4) is 5.88 Å². The van der Waals surface area contributed by atoms with Crippen LogP contribution in [-0.2, 0) is 4.74 Å². The third-order valence-corrected chi connectivity index (χ3v) is 1.85. The highest BCUT2D eigenvalue weighted by Crippen LogP contribution is 2.18. The monoisotopic (exact) mass is 211 g/mol. The minimum atomic E-state index is -0.315. The molecule has 1 aromatic rings. The van der Waals surface area contributed by atoms with Crippen molar-refractivity contribution in [1.29, 1.82) is 0 Å². The van der Waals surface area contributed by atoms with E-state index in [4.69, 9.17) is 9.47 Å². The van der Waals surface area contributed by atoms with E-state index in [9.17, 15) is 4.79 Å². The van der Waals surface area contributed by atoms with E-state index in [1.54, 1.807) is 13.0 Å². The van der Waals surface area contributed by atoms with Gasteiger partial charge in [-0.05, 0) is 27.7 Å². The van der Waals surface area contributed by atoms with E-state index in [1.165, 1.54) is 0 Å². The van der Waals surface area contributed by atoms with Crippen LogP contribution in [0.25, 0.3) is 0 Å². The molecule has 0 atom stereocenters. The van der Waals surface area contributed by atoms with Crippen LogP contribution in [0.2, 0.25) is 0 Å². The van der Waals surface area contributed by atoms with Crippen LogP contribution < -0.4 is 4.74 Å². The summed E-state index contributed by atoms with van der Waals surface area (Å²) in [5, 5.41) is 0. The van der Waals surface area contributed by atoms with Gasteiger partial charge in [-0.1, -0.05) is 0 Å². The molecular formula is C11H17NO3. The van der Waals surface area contributed by atoms with Crippen LogP contribution in [-0.4, -0.2) is 23.7 Å². The minimum absolute atomic E-state index is 0.0816. The second-order valence-corrected chi connectivity index (χ2v) is 3.56. The molecule has 1 N–H and O–H groups in total. The lowest BCUT2D eigenvalue weighted by Gasteiger charge is -2.05. The zero-order chi connectivity index (χ0) is 11.4. The van der Waals surface area contributed by atoms with E-state index in [0.29, 0.717) is 18.1 Å². The Kier molecular flexibility index (Phi) is 3.77. The van der Waals surface area contributed by atoms with Crippen LogP contribution in [0.15, 0.2) is 6.07 Å². The summed E-state index contributed by atoms with van der Waals surface area (Å²) in [6, 6.07) is 1.67. The highest BCUT2D eigenvalue weighted by Gasteiger charge is 2.14. The highest BCUT2D eigenvalue weighted by atomic mass is 16.5. The van der Waals surface area contributed by atoms with Crippen molar-refractivity contribution in [1.82, 2.24) is 4.98 Å². The van der Waals surface area contributed by atoms with E-state index in [1.807, 2.05) is 20.8 Å². The maximum atomic E-state index is 11.5. The van der Waals surface area contributed by atoms with Gasteiger partial charge in [0.15, 0.2) is 5.88 Å². The molecule has 0 aliphatic rings. The molecule has 1 heterocycles. The molecule has 1 aromatic heterocycles. The molecule has 0 fully saturated rings. The summed E-state index contributed by atoms with van der Waals surface area (Å²) in [6.07, 6.45) is 0.0816. The second-order valence-electron chi connectivity index (χ2n) is 3.56.